The molecule has 0 amide bonds. The summed E-state index contributed by atoms with van der Waals surface area (Å²) in [5.74, 6) is 0.379. The molecule has 0 bridgehead atoms. The molecule has 0 rings (SSSR count). The van der Waals surface area contributed by atoms with Crippen LogP contribution in [0.2, 0.25) is 25.7 Å². The number of carbonyl (C=O) groups excluding carboxylic acids is 1. The van der Waals surface area contributed by atoms with Crippen LogP contribution in [0.1, 0.15) is 58.3 Å². The third-order valence-corrected chi connectivity index (χ3v) is 4.92. The largest absolute Gasteiger partial charge is 0.393 e. The average Bonchev–Trinajstić information content (AvgIpc) is 2.29. The molecule has 0 saturated carbocycles. The molecule has 118 valence electrons. The summed E-state index contributed by atoms with van der Waals surface area (Å²) >= 11 is 0. The van der Waals surface area contributed by atoms with E-state index in [0.29, 0.717) is 12.2 Å². The van der Waals surface area contributed by atoms with Crippen molar-refractivity contribution in [1.29, 1.82) is 0 Å². The van der Waals surface area contributed by atoms with Gasteiger partial charge < -0.3 is 5.11 Å². The first kappa shape index (κ1) is 19.6. The van der Waals surface area contributed by atoms with Crippen molar-refractivity contribution in [3.05, 3.63) is 12.2 Å². The molecular formula is C17H34O2Si. The second-order valence-electron chi connectivity index (χ2n) is 7.23. The topological polar surface area (TPSA) is 37.3 Å². The molecule has 0 radical (unpaired) electrons. The number of rotatable bonds is 12. The molecule has 0 heterocycles. The highest BCUT2D eigenvalue weighted by Crippen LogP contribution is 2.20. The Bertz CT molecular complexity index is 292. The van der Waals surface area contributed by atoms with Crippen LogP contribution in [-0.2, 0) is 4.79 Å². The summed E-state index contributed by atoms with van der Waals surface area (Å²) < 4.78 is 0. The summed E-state index contributed by atoms with van der Waals surface area (Å²) in [6, 6.07) is 1.10. The Labute approximate surface area is 126 Å². The minimum Gasteiger partial charge on any atom is -0.393 e. The van der Waals surface area contributed by atoms with Crippen molar-refractivity contribution in [2.45, 2.75) is 90.1 Å². The van der Waals surface area contributed by atoms with Gasteiger partial charge in [-0.05, 0) is 31.7 Å². The Morgan fingerprint density at radius 3 is 2.30 bits per heavy atom. The van der Waals surface area contributed by atoms with Crippen LogP contribution in [0.4, 0.5) is 0 Å². The van der Waals surface area contributed by atoms with E-state index in [1.54, 1.807) is 0 Å². The van der Waals surface area contributed by atoms with Crippen molar-refractivity contribution in [1.82, 2.24) is 0 Å². The minimum atomic E-state index is -1.11. The smallest absolute Gasteiger partial charge is 0.132 e. The first-order valence-electron chi connectivity index (χ1n) is 8.11. The SMILES string of the molecule is C=C(C[C@@H](O)CCCCC(=O)CCCC)C[Si](C)(C)C. The van der Waals surface area contributed by atoms with Crippen LogP contribution in [0.5, 0.6) is 0 Å². The predicted octanol–water partition coefficient (Wildman–Crippen LogP) is 4.95. The van der Waals surface area contributed by atoms with Crippen molar-refractivity contribution in [2.24, 2.45) is 0 Å². The summed E-state index contributed by atoms with van der Waals surface area (Å²) in [6.07, 6.45) is 6.62. The van der Waals surface area contributed by atoms with Gasteiger partial charge >= 0.3 is 0 Å². The van der Waals surface area contributed by atoms with Gasteiger partial charge in [0.25, 0.3) is 0 Å². The molecule has 1 N–H and O–H groups in total. The van der Waals surface area contributed by atoms with Crippen LogP contribution in [0, 0.1) is 0 Å². The van der Waals surface area contributed by atoms with Crippen molar-refractivity contribution in [2.75, 3.05) is 0 Å². The number of unbranched alkanes of at least 4 members (excludes halogenated alkanes) is 2. The Kier molecular flexibility index (Phi) is 10.1. The van der Waals surface area contributed by atoms with Crippen LogP contribution < -0.4 is 0 Å². The van der Waals surface area contributed by atoms with Gasteiger partial charge in [0.15, 0.2) is 0 Å². The number of aliphatic hydroxyl groups excluding tert-OH is 1. The summed E-state index contributed by atoms with van der Waals surface area (Å²) in [5.41, 5.74) is 1.19. The van der Waals surface area contributed by atoms with E-state index in [2.05, 4.69) is 33.1 Å². The highest BCUT2D eigenvalue weighted by molar-refractivity contribution is 6.76. The molecule has 0 aliphatic carbocycles. The molecule has 0 spiro atoms. The fraction of sp³-hybridized carbons (Fsp3) is 0.824. The normalized spacial score (nSPS) is 13.2. The molecule has 0 aromatic heterocycles. The number of aliphatic hydroxyl groups is 1. The van der Waals surface area contributed by atoms with E-state index in [1.807, 2.05) is 0 Å². The lowest BCUT2D eigenvalue weighted by Crippen LogP contribution is -2.21. The maximum Gasteiger partial charge on any atom is 0.132 e. The quantitative estimate of drug-likeness (QED) is 0.314. The standard InChI is InChI=1S/C17H34O2Si/c1-6-7-10-16(18)11-8-9-12-17(19)13-15(2)14-20(3,4)5/h17,19H,2,6-14H2,1,3-5H3/t17-/m0/s1. The molecule has 2 nitrogen and oxygen atoms in total. The highest BCUT2D eigenvalue weighted by Gasteiger charge is 2.16. The summed E-state index contributed by atoms with van der Waals surface area (Å²) in [4.78, 5) is 11.5. The fourth-order valence-corrected chi connectivity index (χ4v) is 4.10. The number of carbonyl (C=O) groups is 1. The third-order valence-electron chi connectivity index (χ3n) is 3.36. The molecule has 0 aliphatic rings. The second-order valence-corrected chi connectivity index (χ2v) is 12.7. The van der Waals surface area contributed by atoms with E-state index in [4.69, 9.17) is 0 Å². The summed E-state index contributed by atoms with van der Waals surface area (Å²) in [6.45, 7) is 13.2. The maximum atomic E-state index is 11.5. The van der Waals surface area contributed by atoms with Crippen molar-refractivity contribution in [3.8, 4) is 0 Å². The molecule has 20 heavy (non-hydrogen) atoms. The van der Waals surface area contributed by atoms with E-state index in [-0.39, 0.29) is 6.10 Å². The van der Waals surface area contributed by atoms with Crippen LogP contribution in [0.25, 0.3) is 0 Å². The third kappa shape index (κ3) is 12.6. The summed E-state index contributed by atoms with van der Waals surface area (Å²) in [5, 5.41) is 9.99. The molecule has 1 atom stereocenters. The first-order valence-corrected chi connectivity index (χ1v) is 11.8. The number of hydrogen-bond acceptors (Lipinski definition) is 2. The van der Waals surface area contributed by atoms with E-state index >= 15 is 0 Å². The zero-order chi connectivity index (χ0) is 15.6. The lowest BCUT2D eigenvalue weighted by atomic mass is 10.0. The highest BCUT2D eigenvalue weighted by atomic mass is 28.3. The monoisotopic (exact) mass is 298 g/mol. The molecule has 0 fully saturated rings. The second kappa shape index (κ2) is 10.3. The predicted molar refractivity (Wildman–Crippen MR) is 90.9 cm³/mol. The zero-order valence-electron chi connectivity index (χ0n) is 14.0. The van der Waals surface area contributed by atoms with Crippen LogP contribution in [0.15, 0.2) is 12.2 Å². The van der Waals surface area contributed by atoms with E-state index in [9.17, 15) is 9.90 Å². The number of ketones is 1. The fourth-order valence-electron chi connectivity index (χ4n) is 2.46. The Morgan fingerprint density at radius 2 is 1.75 bits per heavy atom. The van der Waals surface area contributed by atoms with Crippen molar-refractivity contribution in [3.63, 3.8) is 0 Å². The van der Waals surface area contributed by atoms with Gasteiger partial charge in [0.2, 0.25) is 0 Å². The minimum absolute atomic E-state index is 0.274. The Balaban J connectivity index is 3.66. The number of Topliss-reactive ketones (excluding diaryl/α,β-unsaturated/α-hetero) is 1. The zero-order valence-corrected chi connectivity index (χ0v) is 15.0. The van der Waals surface area contributed by atoms with Gasteiger partial charge in [0.05, 0.1) is 6.10 Å². The van der Waals surface area contributed by atoms with Gasteiger partial charge in [-0.25, -0.2) is 0 Å². The van der Waals surface area contributed by atoms with Crippen LogP contribution >= 0.6 is 0 Å². The Hall–Kier alpha value is -0.413. The van der Waals surface area contributed by atoms with Gasteiger partial charge in [-0.2, -0.15) is 0 Å². The lowest BCUT2D eigenvalue weighted by molar-refractivity contribution is -0.119. The van der Waals surface area contributed by atoms with E-state index < -0.39 is 8.07 Å². The first-order chi connectivity index (χ1) is 9.24. The molecule has 3 heteroatoms. The summed E-state index contributed by atoms with van der Waals surface area (Å²) in [7, 11) is -1.11. The number of hydrogen-bond donors (Lipinski definition) is 1. The van der Waals surface area contributed by atoms with Gasteiger partial charge in [-0.1, -0.05) is 45.0 Å². The molecular weight excluding hydrogens is 264 g/mol. The molecule has 0 aliphatic heterocycles. The Morgan fingerprint density at radius 1 is 1.15 bits per heavy atom. The van der Waals surface area contributed by atoms with Crippen LogP contribution in [0.3, 0.4) is 0 Å². The maximum absolute atomic E-state index is 11.5. The van der Waals surface area contributed by atoms with Gasteiger partial charge in [-0.15, -0.1) is 6.58 Å². The van der Waals surface area contributed by atoms with Crippen molar-refractivity contribution >= 4 is 13.9 Å². The molecule has 0 aromatic carbocycles. The van der Waals surface area contributed by atoms with Gasteiger partial charge in [0.1, 0.15) is 5.78 Å². The van der Waals surface area contributed by atoms with E-state index in [1.165, 1.54) is 5.57 Å². The average molecular weight is 299 g/mol. The molecule has 0 aromatic rings. The lowest BCUT2D eigenvalue weighted by Gasteiger charge is -2.19. The molecule has 0 unspecified atom stereocenters. The van der Waals surface area contributed by atoms with E-state index in [0.717, 1.165) is 51.0 Å². The van der Waals surface area contributed by atoms with Crippen molar-refractivity contribution < 1.29 is 9.90 Å². The van der Waals surface area contributed by atoms with Gasteiger partial charge in [0, 0.05) is 20.9 Å². The van der Waals surface area contributed by atoms with Gasteiger partial charge in [-0.3, -0.25) is 4.79 Å². The molecule has 0 saturated heterocycles. The van der Waals surface area contributed by atoms with Crippen LogP contribution in [-0.4, -0.2) is 25.1 Å².